The minimum atomic E-state index is -0.209. The number of carbonyl (C=O) groups excluding carboxylic acids is 1. The minimum Gasteiger partial charge on any atom is -0.325 e. The molecule has 1 amide bonds. The number of anilines is 1. The number of rotatable bonds is 4. The monoisotopic (exact) mass is 326 g/mol. The van der Waals surface area contributed by atoms with Crippen LogP contribution in [0.2, 0.25) is 5.02 Å². The van der Waals surface area contributed by atoms with Gasteiger partial charge in [0.1, 0.15) is 0 Å². The van der Waals surface area contributed by atoms with Crippen LogP contribution in [-0.4, -0.2) is 16.1 Å². The van der Waals surface area contributed by atoms with Crippen LogP contribution in [0, 0.1) is 13.8 Å². The van der Waals surface area contributed by atoms with E-state index in [0.29, 0.717) is 5.02 Å². The summed E-state index contributed by atoms with van der Waals surface area (Å²) in [4.78, 5) is 16.5. The second-order valence-electron chi connectivity index (χ2n) is 4.46. The molecule has 20 heavy (non-hydrogen) atoms. The van der Waals surface area contributed by atoms with Crippen LogP contribution in [0.5, 0.6) is 0 Å². The molecule has 0 bridgehead atoms. The van der Waals surface area contributed by atoms with Crippen LogP contribution in [0.3, 0.4) is 0 Å². The van der Waals surface area contributed by atoms with E-state index in [4.69, 9.17) is 11.6 Å². The molecule has 6 heteroatoms. The van der Waals surface area contributed by atoms with Crippen LogP contribution in [0.25, 0.3) is 0 Å². The van der Waals surface area contributed by atoms with E-state index < -0.39 is 0 Å². The number of hydrogen-bond donors (Lipinski definition) is 1. The Morgan fingerprint density at radius 3 is 2.85 bits per heavy atom. The summed E-state index contributed by atoms with van der Waals surface area (Å²) in [6.07, 6.45) is 0. The van der Waals surface area contributed by atoms with Crippen molar-refractivity contribution in [1.82, 2.24) is 4.98 Å². The number of thioether (sulfide) groups is 1. The summed E-state index contributed by atoms with van der Waals surface area (Å²) in [5.74, 6) is -0.0479. The molecule has 1 atom stereocenters. The minimum absolute atomic E-state index is 0.0479. The molecule has 0 saturated carbocycles. The molecule has 0 aliphatic rings. The van der Waals surface area contributed by atoms with Gasteiger partial charge in [-0.2, -0.15) is 0 Å². The lowest BCUT2D eigenvalue weighted by Crippen LogP contribution is -2.22. The standard InChI is InChI=1S/C14H15ClN2OS2/c1-8-4-5-11(15)6-12(8)17-13(18)10(3)20-14-16-9(2)7-19-14/h4-7,10H,1-3H3,(H,17,18)/t10-/m0/s1. The molecule has 106 valence electrons. The van der Waals surface area contributed by atoms with Crippen LogP contribution in [-0.2, 0) is 4.79 Å². The first-order valence-electron chi connectivity index (χ1n) is 6.11. The van der Waals surface area contributed by atoms with E-state index in [9.17, 15) is 4.79 Å². The van der Waals surface area contributed by atoms with E-state index in [2.05, 4.69) is 10.3 Å². The van der Waals surface area contributed by atoms with Crippen molar-refractivity contribution in [3.8, 4) is 0 Å². The molecule has 1 aromatic heterocycles. The van der Waals surface area contributed by atoms with Gasteiger partial charge in [-0.1, -0.05) is 29.4 Å². The summed E-state index contributed by atoms with van der Waals surface area (Å²) in [6.45, 7) is 5.76. The Morgan fingerprint density at radius 1 is 1.45 bits per heavy atom. The summed E-state index contributed by atoms with van der Waals surface area (Å²) in [7, 11) is 0. The second kappa shape index (κ2) is 6.61. The van der Waals surface area contributed by atoms with Crippen molar-refractivity contribution in [2.45, 2.75) is 30.4 Å². The molecule has 0 aliphatic carbocycles. The fourth-order valence-corrected chi connectivity index (χ4v) is 3.71. The van der Waals surface area contributed by atoms with Gasteiger partial charge in [-0.3, -0.25) is 4.79 Å². The lowest BCUT2D eigenvalue weighted by atomic mass is 10.2. The summed E-state index contributed by atoms with van der Waals surface area (Å²) in [5, 5.41) is 5.29. The number of carbonyl (C=O) groups is 1. The molecular weight excluding hydrogens is 312 g/mol. The lowest BCUT2D eigenvalue weighted by Gasteiger charge is -2.12. The maximum atomic E-state index is 12.2. The first-order chi connectivity index (χ1) is 9.45. The van der Waals surface area contributed by atoms with E-state index in [1.807, 2.05) is 38.3 Å². The predicted octanol–water partition coefficient (Wildman–Crippen LogP) is 4.53. The fourth-order valence-electron chi connectivity index (χ4n) is 1.55. The van der Waals surface area contributed by atoms with Gasteiger partial charge in [0.15, 0.2) is 4.34 Å². The van der Waals surface area contributed by atoms with Crippen molar-refractivity contribution in [2.24, 2.45) is 0 Å². The number of aryl methyl sites for hydroxylation is 2. The van der Waals surface area contributed by atoms with Crippen molar-refractivity contribution >= 4 is 46.3 Å². The van der Waals surface area contributed by atoms with Crippen molar-refractivity contribution in [3.63, 3.8) is 0 Å². The van der Waals surface area contributed by atoms with Crippen LogP contribution in [0.1, 0.15) is 18.2 Å². The molecular formula is C14H15ClN2OS2. The van der Waals surface area contributed by atoms with Gasteiger partial charge in [-0.05, 0) is 38.5 Å². The zero-order chi connectivity index (χ0) is 14.7. The van der Waals surface area contributed by atoms with Gasteiger partial charge in [0.25, 0.3) is 0 Å². The number of thiazole rings is 1. The number of amides is 1. The third-order valence-corrected chi connectivity index (χ3v) is 5.13. The van der Waals surface area contributed by atoms with Crippen molar-refractivity contribution in [2.75, 3.05) is 5.32 Å². The van der Waals surface area contributed by atoms with Gasteiger partial charge < -0.3 is 5.32 Å². The topological polar surface area (TPSA) is 42.0 Å². The highest BCUT2D eigenvalue weighted by Gasteiger charge is 2.17. The van der Waals surface area contributed by atoms with Crippen molar-refractivity contribution < 1.29 is 4.79 Å². The molecule has 2 aromatic rings. The molecule has 3 nitrogen and oxygen atoms in total. The van der Waals surface area contributed by atoms with E-state index in [0.717, 1.165) is 21.3 Å². The third kappa shape index (κ3) is 3.98. The third-order valence-electron chi connectivity index (χ3n) is 2.70. The lowest BCUT2D eigenvalue weighted by molar-refractivity contribution is -0.115. The fraction of sp³-hybridized carbons (Fsp3) is 0.286. The smallest absolute Gasteiger partial charge is 0.237 e. The number of halogens is 1. The van der Waals surface area contributed by atoms with E-state index in [-0.39, 0.29) is 11.2 Å². The molecule has 1 N–H and O–H groups in total. The van der Waals surface area contributed by atoms with E-state index in [1.165, 1.54) is 11.8 Å². The summed E-state index contributed by atoms with van der Waals surface area (Å²) < 4.78 is 0.910. The van der Waals surface area contributed by atoms with Crippen molar-refractivity contribution in [3.05, 3.63) is 39.9 Å². The molecule has 0 spiro atoms. The van der Waals surface area contributed by atoms with Crippen LogP contribution < -0.4 is 5.32 Å². The molecule has 0 radical (unpaired) electrons. The zero-order valence-electron chi connectivity index (χ0n) is 11.4. The Labute approximate surface area is 131 Å². The first-order valence-corrected chi connectivity index (χ1v) is 8.25. The van der Waals surface area contributed by atoms with E-state index in [1.54, 1.807) is 17.4 Å². The molecule has 0 fully saturated rings. The van der Waals surface area contributed by atoms with Gasteiger partial charge in [-0.15, -0.1) is 11.3 Å². The summed E-state index contributed by atoms with van der Waals surface area (Å²) >= 11 is 8.97. The molecule has 0 saturated heterocycles. The van der Waals surface area contributed by atoms with Gasteiger partial charge in [-0.25, -0.2) is 4.98 Å². The highest BCUT2D eigenvalue weighted by molar-refractivity contribution is 8.02. The Balaban J connectivity index is 2.02. The molecule has 0 unspecified atom stereocenters. The average Bonchev–Trinajstić information content (AvgIpc) is 2.79. The van der Waals surface area contributed by atoms with Crippen molar-refractivity contribution in [1.29, 1.82) is 0 Å². The van der Waals surface area contributed by atoms with Gasteiger partial charge in [0.05, 0.1) is 5.25 Å². The molecule has 0 aliphatic heterocycles. The van der Waals surface area contributed by atoms with Crippen LogP contribution >= 0.6 is 34.7 Å². The molecule has 1 aromatic carbocycles. The normalized spacial score (nSPS) is 12.2. The molecule has 2 rings (SSSR count). The van der Waals surface area contributed by atoms with Gasteiger partial charge in [0.2, 0.25) is 5.91 Å². The predicted molar refractivity (Wildman–Crippen MR) is 87.0 cm³/mol. The Morgan fingerprint density at radius 2 is 2.20 bits per heavy atom. The number of nitrogens with zero attached hydrogens (tertiary/aromatic N) is 1. The maximum Gasteiger partial charge on any atom is 0.237 e. The van der Waals surface area contributed by atoms with Crippen LogP contribution in [0.4, 0.5) is 5.69 Å². The Kier molecular flexibility index (Phi) is 5.07. The molecule has 1 heterocycles. The largest absolute Gasteiger partial charge is 0.325 e. The van der Waals surface area contributed by atoms with Crippen LogP contribution in [0.15, 0.2) is 27.9 Å². The number of aromatic nitrogens is 1. The first kappa shape index (κ1) is 15.4. The highest BCUT2D eigenvalue weighted by atomic mass is 35.5. The maximum absolute atomic E-state index is 12.2. The Hall–Kier alpha value is -1.04. The summed E-state index contributed by atoms with van der Waals surface area (Å²) in [5.41, 5.74) is 2.73. The van der Waals surface area contributed by atoms with Gasteiger partial charge in [0, 0.05) is 21.8 Å². The quantitative estimate of drug-likeness (QED) is 0.839. The second-order valence-corrected chi connectivity index (χ2v) is 7.35. The van der Waals surface area contributed by atoms with Gasteiger partial charge >= 0.3 is 0 Å². The number of nitrogens with one attached hydrogen (secondary N) is 1. The SMILES string of the molecule is Cc1csc(S[C@@H](C)C(=O)Nc2cc(Cl)ccc2C)n1. The average molecular weight is 327 g/mol. The Bertz CT molecular complexity index is 627. The highest BCUT2D eigenvalue weighted by Crippen LogP contribution is 2.28. The number of hydrogen-bond acceptors (Lipinski definition) is 4. The van der Waals surface area contributed by atoms with E-state index >= 15 is 0 Å². The summed E-state index contributed by atoms with van der Waals surface area (Å²) in [6, 6.07) is 5.46. The number of benzene rings is 1. The zero-order valence-corrected chi connectivity index (χ0v) is 13.8.